The number of benzene rings is 1. The lowest BCUT2D eigenvalue weighted by Gasteiger charge is -2.21. The Morgan fingerprint density at radius 1 is 1.20 bits per heavy atom. The average molecular weight is 368 g/mol. The predicted octanol–water partition coefficient (Wildman–Crippen LogP) is 1.70. The minimum Gasteiger partial charge on any atom is -0.481 e. The van der Waals surface area contributed by atoms with Crippen molar-refractivity contribution in [3.63, 3.8) is 0 Å². The van der Waals surface area contributed by atoms with Crippen molar-refractivity contribution in [3.05, 3.63) is 29.8 Å². The van der Waals surface area contributed by atoms with Crippen LogP contribution in [0.4, 0.5) is 0 Å². The van der Waals surface area contributed by atoms with Crippen LogP contribution in [0.3, 0.4) is 0 Å². The van der Waals surface area contributed by atoms with E-state index in [0.29, 0.717) is 24.8 Å². The van der Waals surface area contributed by atoms with Crippen LogP contribution in [0.25, 0.3) is 0 Å². The van der Waals surface area contributed by atoms with E-state index in [4.69, 9.17) is 5.11 Å². The molecule has 0 saturated heterocycles. The summed E-state index contributed by atoms with van der Waals surface area (Å²) >= 11 is 0. The van der Waals surface area contributed by atoms with Gasteiger partial charge in [0, 0.05) is 24.7 Å². The van der Waals surface area contributed by atoms with Gasteiger partial charge in [-0.05, 0) is 57.4 Å². The molecule has 1 aliphatic carbocycles. The monoisotopic (exact) mass is 368 g/mol. The smallest absolute Gasteiger partial charge is 0.306 e. The first-order chi connectivity index (χ1) is 11.6. The summed E-state index contributed by atoms with van der Waals surface area (Å²) in [5, 5.41) is 11.8. The van der Waals surface area contributed by atoms with Crippen molar-refractivity contribution in [2.24, 2.45) is 5.92 Å². The first-order valence-electron chi connectivity index (χ1n) is 8.24. The maximum atomic E-state index is 12.4. The van der Waals surface area contributed by atoms with Gasteiger partial charge in [-0.3, -0.25) is 9.59 Å². The number of carboxylic acid groups (broad SMARTS) is 1. The van der Waals surface area contributed by atoms with E-state index < -0.39 is 21.9 Å². The van der Waals surface area contributed by atoms with Crippen LogP contribution in [-0.4, -0.2) is 48.8 Å². The van der Waals surface area contributed by atoms with Gasteiger partial charge in [-0.1, -0.05) is 0 Å². The van der Waals surface area contributed by atoms with Crippen LogP contribution in [0, 0.1) is 5.92 Å². The standard InChI is InChI=1S/C17H24N2O5S/c1-11(2)19(3)25(23,24)15-8-5-12(6-9-15)16(20)18-14-7-4-13(10-14)17(21)22/h5-6,8-9,11,13-14H,4,7,10H2,1-3H3,(H,18,20)(H,21,22)/t13-,14+/m1/s1. The molecule has 1 aromatic rings. The lowest BCUT2D eigenvalue weighted by Crippen LogP contribution is -2.34. The lowest BCUT2D eigenvalue weighted by atomic mass is 10.1. The zero-order chi connectivity index (χ0) is 18.8. The predicted molar refractivity (Wildman–Crippen MR) is 92.8 cm³/mol. The van der Waals surface area contributed by atoms with E-state index in [0.717, 1.165) is 0 Å². The number of carboxylic acids is 1. The summed E-state index contributed by atoms with van der Waals surface area (Å²) in [7, 11) is -2.07. The van der Waals surface area contributed by atoms with Gasteiger partial charge < -0.3 is 10.4 Å². The summed E-state index contributed by atoms with van der Waals surface area (Å²) in [6, 6.07) is 5.44. The highest BCUT2D eigenvalue weighted by molar-refractivity contribution is 7.89. The van der Waals surface area contributed by atoms with E-state index in [9.17, 15) is 18.0 Å². The van der Waals surface area contributed by atoms with E-state index in [1.165, 1.54) is 35.6 Å². The summed E-state index contributed by atoms with van der Waals surface area (Å²) in [4.78, 5) is 23.4. The number of sulfonamides is 1. The highest BCUT2D eigenvalue weighted by Crippen LogP contribution is 2.26. The molecule has 2 N–H and O–H groups in total. The van der Waals surface area contributed by atoms with Crippen molar-refractivity contribution in [2.75, 3.05) is 7.05 Å². The van der Waals surface area contributed by atoms with Crippen LogP contribution in [-0.2, 0) is 14.8 Å². The third-order valence-electron chi connectivity index (χ3n) is 4.64. The largest absolute Gasteiger partial charge is 0.481 e. The van der Waals surface area contributed by atoms with E-state index >= 15 is 0 Å². The van der Waals surface area contributed by atoms with Gasteiger partial charge in [0.15, 0.2) is 0 Å². The minimum atomic E-state index is -3.58. The summed E-state index contributed by atoms with van der Waals surface area (Å²) in [5.41, 5.74) is 0.352. The van der Waals surface area contributed by atoms with Crippen molar-refractivity contribution < 1.29 is 23.1 Å². The number of carbonyl (C=O) groups is 2. The number of rotatable bonds is 6. The number of hydrogen-bond donors (Lipinski definition) is 2. The summed E-state index contributed by atoms with van der Waals surface area (Å²) in [6.07, 6.45) is 1.61. The van der Waals surface area contributed by atoms with Crippen molar-refractivity contribution in [1.82, 2.24) is 9.62 Å². The number of aliphatic carboxylic acids is 1. The molecule has 138 valence electrons. The zero-order valence-corrected chi connectivity index (χ0v) is 15.4. The Morgan fingerprint density at radius 2 is 1.80 bits per heavy atom. The van der Waals surface area contributed by atoms with Crippen LogP contribution in [0.1, 0.15) is 43.5 Å². The van der Waals surface area contributed by atoms with Gasteiger partial charge in [0.1, 0.15) is 0 Å². The SMILES string of the molecule is CC(C)N(C)S(=O)(=O)c1ccc(C(=O)N[C@H]2CC[C@@H](C(=O)O)C2)cc1. The zero-order valence-electron chi connectivity index (χ0n) is 14.6. The van der Waals surface area contributed by atoms with Crippen molar-refractivity contribution in [1.29, 1.82) is 0 Å². The van der Waals surface area contributed by atoms with Crippen LogP contribution >= 0.6 is 0 Å². The quantitative estimate of drug-likeness (QED) is 0.795. The molecule has 2 rings (SSSR count). The normalized spacial score (nSPS) is 20.8. The van der Waals surface area contributed by atoms with Crippen molar-refractivity contribution in [3.8, 4) is 0 Å². The van der Waals surface area contributed by atoms with Gasteiger partial charge in [0.25, 0.3) is 5.91 Å². The molecule has 0 unspecified atom stereocenters. The van der Waals surface area contributed by atoms with Gasteiger partial charge in [-0.2, -0.15) is 4.31 Å². The molecule has 1 saturated carbocycles. The van der Waals surface area contributed by atoms with Crippen LogP contribution in [0.2, 0.25) is 0 Å². The Kier molecular flexibility index (Phi) is 5.84. The third kappa shape index (κ3) is 4.38. The van der Waals surface area contributed by atoms with E-state index in [-0.39, 0.29) is 22.9 Å². The molecule has 0 heterocycles. The molecular weight excluding hydrogens is 344 g/mol. The van der Waals surface area contributed by atoms with Gasteiger partial charge in [0.2, 0.25) is 10.0 Å². The summed E-state index contributed by atoms with van der Waals surface area (Å²) < 4.78 is 26.1. The topological polar surface area (TPSA) is 104 Å². The Bertz CT molecular complexity index is 743. The fourth-order valence-electron chi connectivity index (χ4n) is 2.83. The van der Waals surface area contributed by atoms with Crippen molar-refractivity contribution in [2.45, 2.75) is 50.1 Å². The van der Waals surface area contributed by atoms with Crippen LogP contribution in [0.15, 0.2) is 29.2 Å². The number of amides is 1. The first-order valence-corrected chi connectivity index (χ1v) is 9.68. The molecule has 1 aromatic carbocycles. The molecule has 0 aromatic heterocycles. The minimum absolute atomic E-state index is 0.132. The lowest BCUT2D eigenvalue weighted by molar-refractivity contribution is -0.141. The number of nitrogens with one attached hydrogen (secondary N) is 1. The maximum Gasteiger partial charge on any atom is 0.306 e. The molecule has 0 spiro atoms. The van der Waals surface area contributed by atoms with Gasteiger partial charge in [-0.15, -0.1) is 0 Å². The number of hydrogen-bond acceptors (Lipinski definition) is 4. The third-order valence-corrected chi connectivity index (χ3v) is 6.69. The molecule has 0 aliphatic heterocycles. The highest BCUT2D eigenvalue weighted by atomic mass is 32.2. The molecular formula is C17H24N2O5S. The first kappa shape index (κ1) is 19.4. The average Bonchev–Trinajstić information content (AvgIpc) is 3.02. The fraction of sp³-hybridized carbons (Fsp3) is 0.529. The Morgan fingerprint density at radius 3 is 2.28 bits per heavy atom. The number of nitrogens with zero attached hydrogens (tertiary/aromatic N) is 1. The second-order valence-electron chi connectivity index (χ2n) is 6.66. The van der Waals surface area contributed by atoms with Crippen LogP contribution in [0.5, 0.6) is 0 Å². The highest BCUT2D eigenvalue weighted by Gasteiger charge is 2.30. The summed E-state index contributed by atoms with van der Waals surface area (Å²) in [5.74, 6) is -1.57. The van der Waals surface area contributed by atoms with E-state index in [1.807, 2.05) is 0 Å². The van der Waals surface area contributed by atoms with Gasteiger partial charge >= 0.3 is 5.97 Å². The second-order valence-corrected chi connectivity index (χ2v) is 8.66. The molecule has 25 heavy (non-hydrogen) atoms. The molecule has 8 heteroatoms. The summed E-state index contributed by atoms with van der Waals surface area (Å²) in [6.45, 7) is 3.57. The van der Waals surface area contributed by atoms with Gasteiger partial charge in [0.05, 0.1) is 10.8 Å². The Hall–Kier alpha value is -1.93. The Balaban J connectivity index is 2.05. The molecule has 1 amide bonds. The number of carbonyl (C=O) groups excluding carboxylic acids is 1. The molecule has 0 bridgehead atoms. The Labute approximate surface area is 148 Å². The van der Waals surface area contributed by atoms with E-state index in [2.05, 4.69) is 5.32 Å². The molecule has 1 aliphatic rings. The van der Waals surface area contributed by atoms with Crippen molar-refractivity contribution >= 4 is 21.9 Å². The fourth-order valence-corrected chi connectivity index (χ4v) is 4.20. The maximum absolute atomic E-state index is 12.4. The van der Waals surface area contributed by atoms with Gasteiger partial charge in [-0.25, -0.2) is 8.42 Å². The van der Waals surface area contributed by atoms with Crippen LogP contribution < -0.4 is 5.32 Å². The van der Waals surface area contributed by atoms with E-state index in [1.54, 1.807) is 13.8 Å². The second kappa shape index (κ2) is 7.53. The molecule has 2 atom stereocenters. The molecule has 1 fully saturated rings. The molecule has 7 nitrogen and oxygen atoms in total. The molecule has 0 radical (unpaired) electrons.